The minimum Gasteiger partial charge on any atom is -0.372 e. The number of nitrogens with zero attached hydrogens (tertiary/aromatic N) is 1. The molecule has 0 amide bonds. The van der Waals surface area contributed by atoms with Crippen molar-refractivity contribution in [2.75, 3.05) is 32.6 Å². The van der Waals surface area contributed by atoms with Crippen molar-refractivity contribution in [1.82, 2.24) is 10.6 Å². The number of nitrogens with one attached hydrogen (secondary N) is 2. The molecule has 25 heavy (non-hydrogen) atoms. The molecule has 5 nitrogen and oxygen atoms in total. The van der Waals surface area contributed by atoms with Gasteiger partial charge in [0, 0.05) is 48.0 Å². The first-order valence-electron chi connectivity index (χ1n) is 8.34. The summed E-state index contributed by atoms with van der Waals surface area (Å²) >= 11 is 0. The van der Waals surface area contributed by atoms with Gasteiger partial charge in [0.1, 0.15) is 6.61 Å². The van der Waals surface area contributed by atoms with Crippen LogP contribution in [0.3, 0.4) is 0 Å². The van der Waals surface area contributed by atoms with E-state index in [1.165, 1.54) is 0 Å². The van der Waals surface area contributed by atoms with Gasteiger partial charge in [0.25, 0.3) is 0 Å². The highest BCUT2D eigenvalue weighted by Gasteiger charge is 2.27. The Kier molecular flexibility index (Phi) is 13.1. The zero-order valence-electron chi connectivity index (χ0n) is 14.7. The second-order valence-electron chi connectivity index (χ2n) is 5.82. The SMILES string of the molecule is CCS(=O)C1CCCC(NC(=NC)NCCCOCC(F)(F)F)C1.I. The Morgan fingerprint density at radius 3 is 2.68 bits per heavy atom. The van der Waals surface area contributed by atoms with E-state index in [1.54, 1.807) is 7.05 Å². The summed E-state index contributed by atoms with van der Waals surface area (Å²) in [5, 5.41) is 6.62. The van der Waals surface area contributed by atoms with Gasteiger partial charge >= 0.3 is 6.18 Å². The largest absolute Gasteiger partial charge is 0.411 e. The summed E-state index contributed by atoms with van der Waals surface area (Å²) in [5.74, 6) is 1.31. The van der Waals surface area contributed by atoms with Gasteiger partial charge in [-0.05, 0) is 25.7 Å². The minimum atomic E-state index is -4.28. The van der Waals surface area contributed by atoms with Gasteiger partial charge < -0.3 is 15.4 Å². The Morgan fingerprint density at radius 1 is 1.36 bits per heavy atom. The van der Waals surface area contributed by atoms with Crippen LogP contribution in [0.15, 0.2) is 4.99 Å². The number of alkyl halides is 3. The Bertz CT molecular complexity index is 425. The molecule has 0 saturated heterocycles. The summed E-state index contributed by atoms with van der Waals surface area (Å²) in [6.07, 6.45) is 0.0885. The quantitative estimate of drug-likeness (QED) is 0.234. The fraction of sp³-hybridized carbons (Fsp3) is 0.933. The molecule has 0 aromatic heterocycles. The monoisotopic (exact) mass is 499 g/mol. The molecule has 3 atom stereocenters. The van der Waals surface area contributed by atoms with Crippen molar-refractivity contribution in [2.45, 2.75) is 56.5 Å². The normalized spacial score (nSPS) is 22.8. The summed E-state index contributed by atoms with van der Waals surface area (Å²) in [6, 6.07) is 0.229. The maximum Gasteiger partial charge on any atom is 0.411 e. The molecule has 1 rings (SSSR count). The van der Waals surface area contributed by atoms with Gasteiger partial charge in [-0.2, -0.15) is 13.2 Å². The third kappa shape index (κ3) is 11.3. The summed E-state index contributed by atoms with van der Waals surface area (Å²) < 4.78 is 52.3. The molecule has 0 aromatic carbocycles. The molecule has 1 fully saturated rings. The molecule has 0 heterocycles. The van der Waals surface area contributed by atoms with Crippen LogP contribution in [-0.2, 0) is 15.5 Å². The van der Waals surface area contributed by atoms with Gasteiger partial charge in [0.05, 0.1) is 0 Å². The zero-order valence-corrected chi connectivity index (χ0v) is 17.9. The molecule has 0 bridgehead atoms. The standard InChI is InChI=1S/C15H28F3N3O2S.HI/c1-3-24(22)13-7-4-6-12(10-13)21-14(19-2)20-8-5-9-23-11-15(16,17)18;/h12-13H,3-11H2,1-2H3,(H2,19,20,21);1H. The Balaban J connectivity index is 0.00000576. The Labute approximate surface area is 167 Å². The summed E-state index contributed by atoms with van der Waals surface area (Å²) in [6.45, 7) is 1.26. The summed E-state index contributed by atoms with van der Waals surface area (Å²) in [4.78, 5) is 4.13. The Hall–Kier alpha value is -0.100. The maximum absolute atomic E-state index is 12.0. The van der Waals surface area contributed by atoms with Crippen LogP contribution in [0.1, 0.15) is 39.0 Å². The zero-order chi connectivity index (χ0) is 18.0. The molecule has 2 N–H and O–H groups in total. The first-order valence-corrected chi connectivity index (χ1v) is 9.72. The van der Waals surface area contributed by atoms with Crippen LogP contribution in [0.5, 0.6) is 0 Å². The number of rotatable bonds is 8. The first kappa shape index (κ1) is 24.9. The van der Waals surface area contributed by atoms with E-state index in [1.807, 2.05) is 6.92 Å². The van der Waals surface area contributed by atoms with Crippen LogP contribution in [0.4, 0.5) is 13.2 Å². The van der Waals surface area contributed by atoms with Crippen molar-refractivity contribution in [3.8, 4) is 0 Å². The number of halogens is 4. The molecule has 0 aromatic rings. The highest BCUT2D eigenvalue weighted by molar-refractivity contribution is 14.0. The average molecular weight is 499 g/mol. The lowest BCUT2D eigenvalue weighted by Gasteiger charge is -2.30. The first-order chi connectivity index (χ1) is 11.4. The number of hydrogen-bond donors (Lipinski definition) is 2. The van der Waals surface area contributed by atoms with Gasteiger partial charge in [0.15, 0.2) is 5.96 Å². The lowest BCUT2D eigenvalue weighted by Crippen LogP contribution is -2.47. The molecule has 1 aliphatic carbocycles. The summed E-state index contributed by atoms with van der Waals surface area (Å²) in [7, 11) is 0.877. The predicted octanol–water partition coefficient (Wildman–Crippen LogP) is 2.82. The number of aliphatic imine (C=N–C) groups is 1. The molecule has 10 heteroatoms. The van der Waals surface area contributed by atoms with Crippen LogP contribution in [-0.4, -0.2) is 60.2 Å². The lowest BCUT2D eigenvalue weighted by atomic mass is 9.95. The van der Waals surface area contributed by atoms with E-state index in [9.17, 15) is 17.4 Å². The Morgan fingerprint density at radius 2 is 2.08 bits per heavy atom. The van der Waals surface area contributed by atoms with Crippen molar-refractivity contribution in [2.24, 2.45) is 4.99 Å². The molecule has 0 aliphatic heterocycles. The van der Waals surface area contributed by atoms with E-state index in [0.717, 1.165) is 25.7 Å². The molecular weight excluding hydrogens is 470 g/mol. The topological polar surface area (TPSA) is 62.7 Å². The minimum absolute atomic E-state index is 0. The molecule has 3 unspecified atom stereocenters. The van der Waals surface area contributed by atoms with Crippen LogP contribution < -0.4 is 10.6 Å². The van der Waals surface area contributed by atoms with E-state index < -0.39 is 23.6 Å². The number of hydrogen-bond acceptors (Lipinski definition) is 3. The predicted molar refractivity (Wildman–Crippen MR) is 106 cm³/mol. The molecular formula is C15H29F3IN3O2S. The van der Waals surface area contributed by atoms with E-state index in [2.05, 4.69) is 20.4 Å². The maximum atomic E-state index is 12.0. The van der Waals surface area contributed by atoms with Gasteiger partial charge in [-0.1, -0.05) is 13.3 Å². The number of guanidine groups is 1. The third-order valence-corrected chi connectivity index (χ3v) is 5.61. The van der Waals surface area contributed by atoms with Crippen LogP contribution in [0, 0.1) is 0 Å². The van der Waals surface area contributed by atoms with E-state index in [0.29, 0.717) is 24.7 Å². The van der Waals surface area contributed by atoms with Gasteiger partial charge in [0.2, 0.25) is 0 Å². The lowest BCUT2D eigenvalue weighted by molar-refractivity contribution is -0.173. The van der Waals surface area contributed by atoms with E-state index in [4.69, 9.17) is 0 Å². The van der Waals surface area contributed by atoms with Crippen molar-refractivity contribution >= 4 is 40.7 Å². The van der Waals surface area contributed by atoms with Crippen LogP contribution >= 0.6 is 24.0 Å². The smallest absolute Gasteiger partial charge is 0.372 e. The fourth-order valence-electron chi connectivity index (χ4n) is 2.71. The van der Waals surface area contributed by atoms with Crippen molar-refractivity contribution in [1.29, 1.82) is 0 Å². The third-order valence-electron chi connectivity index (χ3n) is 3.87. The van der Waals surface area contributed by atoms with Gasteiger partial charge in [-0.25, -0.2) is 0 Å². The highest BCUT2D eigenvalue weighted by atomic mass is 127. The summed E-state index contributed by atoms with van der Waals surface area (Å²) in [5.41, 5.74) is 0. The fourth-order valence-corrected chi connectivity index (χ4v) is 4.06. The molecule has 1 aliphatic rings. The van der Waals surface area contributed by atoms with Crippen molar-refractivity contribution in [3.05, 3.63) is 0 Å². The molecule has 0 radical (unpaired) electrons. The van der Waals surface area contributed by atoms with Crippen LogP contribution in [0.25, 0.3) is 0 Å². The molecule has 0 spiro atoms. The van der Waals surface area contributed by atoms with Crippen molar-refractivity contribution < 1.29 is 22.1 Å². The van der Waals surface area contributed by atoms with E-state index >= 15 is 0 Å². The van der Waals surface area contributed by atoms with E-state index in [-0.39, 0.29) is 41.9 Å². The number of ether oxygens (including phenoxy) is 1. The second-order valence-corrected chi connectivity index (χ2v) is 7.83. The average Bonchev–Trinajstić information content (AvgIpc) is 2.55. The van der Waals surface area contributed by atoms with Crippen LogP contribution in [0.2, 0.25) is 0 Å². The highest BCUT2D eigenvalue weighted by Crippen LogP contribution is 2.22. The molecule has 1 saturated carbocycles. The second kappa shape index (κ2) is 13.1. The van der Waals surface area contributed by atoms with Gasteiger partial charge in [-0.15, -0.1) is 24.0 Å². The van der Waals surface area contributed by atoms with Gasteiger partial charge in [-0.3, -0.25) is 9.20 Å². The van der Waals surface area contributed by atoms with Crippen molar-refractivity contribution in [3.63, 3.8) is 0 Å². The molecule has 150 valence electrons.